The fourth-order valence-corrected chi connectivity index (χ4v) is 2.17. The van der Waals surface area contributed by atoms with Crippen LogP contribution in [0.25, 0.3) is 0 Å². The van der Waals surface area contributed by atoms with Gasteiger partial charge in [-0.05, 0) is 18.2 Å². The van der Waals surface area contributed by atoms with E-state index in [0.29, 0.717) is 5.69 Å². The first-order valence-corrected chi connectivity index (χ1v) is 6.23. The summed E-state index contributed by atoms with van der Waals surface area (Å²) in [6.45, 7) is 0.325. The summed E-state index contributed by atoms with van der Waals surface area (Å²) in [6.07, 6.45) is 1.06. The maximum Gasteiger partial charge on any atom is 0.232 e. The van der Waals surface area contributed by atoms with Crippen molar-refractivity contribution in [3.63, 3.8) is 0 Å². The first-order chi connectivity index (χ1) is 6.95. The number of sulfonamides is 1. The average Bonchev–Trinajstić information content (AvgIpc) is 2.12. The van der Waals surface area contributed by atoms with E-state index in [1.165, 1.54) is 18.2 Å². The molecule has 0 aliphatic carbocycles. The van der Waals surface area contributed by atoms with Crippen molar-refractivity contribution < 1.29 is 12.8 Å². The van der Waals surface area contributed by atoms with Crippen molar-refractivity contribution in [1.29, 1.82) is 0 Å². The predicted octanol–water partition coefficient (Wildman–Crippen LogP) is 0.550. The van der Waals surface area contributed by atoms with Gasteiger partial charge in [-0.25, -0.2) is 12.8 Å². The van der Waals surface area contributed by atoms with E-state index in [9.17, 15) is 12.8 Å². The summed E-state index contributed by atoms with van der Waals surface area (Å²) < 4.78 is 36.7. The second-order valence-electron chi connectivity index (χ2n) is 3.10. The number of nitrogens with zero attached hydrogens (tertiary/aromatic N) is 1. The van der Waals surface area contributed by atoms with Crippen LogP contribution >= 0.6 is 0 Å². The molecule has 0 unspecified atom stereocenters. The Balaban J connectivity index is 3.10. The van der Waals surface area contributed by atoms with Crippen LogP contribution in [0.4, 0.5) is 10.1 Å². The maximum absolute atomic E-state index is 12.9. The van der Waals surface area contributed by atoms with E-state index in [1.54, 1.807) is 0 Å². The number of hydrogen-bond acceptors (Lipinski definition) is 3. The molecule has 0 radical (unpaired) electrons. The molecular weight excluding hydrogens is 219 g/mol. The number of anilines is 1. The van der Waals surface area contributed by atoms with Crippen LogP contribution in [-0.2, 0) is 10.0 Å². The Kier molecular flexibility index (Phi) is 3.65. The van der Waals surface area contributed by atoms with Crippen LogP contribution in [0.2, 0.25) is 0 Å². The lowest BCUT2D eigenvalue weighted by atomic mass is 10.3. The van der Waals surface area contributed by atoms with Gasteiger partial charge in [-0.15, -0.1) is 0 Å². The van der Waals surface area contributed by atoms with Gasteiger partial charge in [0, 0.05) is 13.1 Å². The SMILES string of the molecule is CS(=O)(=O)N(CCN)c1cccc(F)c1. The van der Waals surface area contributed by atoms with Gasteiger partial charge in [0.1, 0.15) is 5.82 Å². The second kappa shape index (κ2) is 4.59. The number of halogens is 1. The molecular formula is C9H13FN2O2S. The Morgan fingerprint density at radius 1 is 1.47 bits per heavy atom. The van der Waals surface area contributed by atoms with Crippen molar-refractivity contribution in [2.24, 2.45) is 5.73 Å². The topological polar surface area (TPSA) is 63.4 Å². The van der Waals surface area contributed by atoms with E-state index in [2.05, 4.69) is 0 Å². The van der Waals surface area contributed by atoms with Crippen molar-refractivity contribution >= 4 is 15.7 Å². The van der Waals surface area contributed by atoms with Gasteiger partial charge < -0.3 is 5.73 Å². The first-order valence-electron chi connectivity index (χ1n) is 4.38. The lowest BCUT2D eigenvalue weighted by molar-refractivity contribution is 0.596. The second-order valence-corrected chi connectivity index (χ2v) is 5.01. The largest absolute Gasteiger partial charge is 0.329 e. The van der Waals surface area contributed by atoms with Crippen LogP contribution in [0, 0.1) is 5.82 Å². The lowest BCUT2D eigenvalue weighted by Gasteiger charge is -2.21. The van der Waals surface area contributed by atoms with Crippen LogP contribution in [0.3, 0.4) is 0 Å². The van der Waals surface area contributed by atoms with Crippen LogP contribution < -0.4 is 10.0 Å². The van der Waals surface area contributed by atoms with Crippen LogP contribution in [0.1, 0.15) is 0 Å². The fraction of sp³-hybridized carbons (Fsp3) is 0.333. The molecule has 0 amide bonds. The Bertz CT molecular complexity index is 433. The minimum atomic E-state index is -3.41. The molecule has 0 aliphatic rings. The van der Waals surface area contributed by atoms with Gasteiger partial charge in [-0.1, -0.05) is 6.07 Å². The quantitative estimate of drug-likeness (QED) is 0.824. The van der Waals surface area contributed by atoms with E-state index in [0.717, 1.165) is 16.6 Å². The molecule has 0 saturated carbocycles. The van der Waals surface area contributed by atoms with Crippen molar-refractivity contribution in [2.45, 2.75) is 0 Å². The zero-order chi connectivity index (χ0) is 11.5. The van der Waals surface area contributed by atoms with Gasteiger partial charge in [-0.2, -0.15) is 0 Å². The van der Waals surface area contributed by atoms with Gasteiger partial charge in [-0.3, -0.25) is 4.31 Å². The van der Waals surface area contributed by atoms with E-state index in [4.69, 9.17) is 5.73 Å². The molecule has 0 bridgehead atoms. The van der Waals surface area contributed by atoms with E-state index in [1.807, 2.05) is 0 Å². The zero-order valence-electron chi connectivity index (χ0n) is 8.35. The molecule has 0 saturated heterocycles. The predicted molar refractivity (Wildman–Crippen MR) is 57.6 cm³/mol. The summed E-state index contributed by atoms with van der Waals surface area (Å²) in [5.41, 5.74) is 5.60. The Labute approximate surface area is 88.6 Å². The van der Waals surface area contributed by atoms with Gasteiger partial charge in [0.15, 0.2) is 0 Å². The van der Waals surface area contributed by atoms with Crippen molar-refractivity contribution in [1.82, 2.24) is 0 Å². The summed E-state index contributed by atoms with van der Waals surface area (Å²) in [6, 6.07) is 5.41. The zero-order valence-corrected chi connectivity index (χ0v) is 9.17. The summed E-state index contributed by atoms with van der Waals surface area (Å²) in [4.78, 5) is 0. The summed E-state index contributed by atoms with van der Waals surface area (Å²) >= 11 is 0. The molecule has 2 N–H and O–H groups in total. The van der Waals surface area contributed by atoms with Crippen LogP contribution in [0.15, 0.2) is 24.3 Å². The molecule has 15 heavy (non-hydrogen) atoms. The molecule has 1 aromatic carbocycles. The number of hydrogen-bond donors (Lipinski definition) is 1. The first kappa shape index (κ1) is 11.9. The number of nitrogens with two attached hydrogens (primary N) is 1. The van der Waals surface area contributed by atoms with Gasteiger partial charge in [0.25, 0.3) is 0 Å². The van der Waals surface area contributed by atoms with Gasteiger partial charge in [0.05, 0.1) is 11.9 Å². The molecule has 4 nitrogen and oxygen atoms in total. The molecule has 0 aromatic heterocycles. The lowest BCUT2D eigenvalue weighted by Crippen LogP contribution is -2.34. The van der Waals surface area contributed by atoms with Crippen molar-refractivity contribution in [2.75, 3.05) is 23.7 Å². The molecule has 1 rings (SSSR count). The van der Waals surface area contributed by atoms with Gasteiger partial charge >= 0.3 is 0 Å². The standard InChI is InChI=1S/C9H13FN2O2S/c1-15(13,14)12(6-5-11)9-4-2-3-8(10)7-9/h2-4,7H,5-6,11H2,1H3. The van der Waals surface area contributed by atoms with Crippen LogP contribution in [0.5, 0.6) is 0 Å². The maximum atomic E-state index is 12.9. The minimum Gasteiger partial charge on any atom is -0.329 e. The van der Waals surface area contributed by atoms with Crippen molar-refractivity contribution in [3.8, 4) is 0 Å². The molecule has 0 heterocycles. The normalized spacial score (nSPS) is 11.4. The monoisotopic (exact) mass is 232 g/mol. The summed E-state index contributed by atoms with van der Waals surface area (Å²) in [7, 11) is -3.41. The number of benzene rings is 1. The van der Waals surface area contributed by atoms with Crippen molar-refractivity contribution in [3.05, 3.63) is 30.1 Å². The summed E-state index contributed by atoms with van der Waals surface area (Å²) in [5, 5.41) is 0. The smallest absolute Gasteiger partial charge is 0.232 e. The third kappa shape index (κ3) is 3.17. The Morgan fingerprint density at radius 2 is 2.13 bits per heavy atom. The van der Waals surface area contributed by atoms with E-state index in [-0.39, 0.29) is 13.1 Å². The fourth-order valence-electron chi connectivity index (χ4n) is 1.23. The van der Waals surface area contributed by atoms with E-state index < -0.39 is 15.8 Å². The highest BCUT2D eigenvalue weighted by atomic mass is 32.2. The molecule has 84 valence electrons. The minimum absolute atomic E-state index is 0.141. The third-order valence-corrected chi connectivity index (χ3v) is 3.02. The number of rotatable bonds is 4. The summed E-state index contributed by atoms with van der Waals surface area (Å²) in [5.74, 6) is -0.474. The molecule has 0 fully saturated rings. The Hall–Kier alpha value is -1.14. The highest BCUT2D eigenvalue weighted by Gasteiger charge is 2.16. The molecule has 0 spiro atoms. The molecule has 6 heteroatoms. The molecule has 0 atom stereocenters. The molecule has 0 aliphatic heterocycles. The molecule has 1 aromatic rings. The average molecular weight is 232 g/mol. The highest BCUT2D eigenvalue weighted by Crippen LogP contribution is 2.17. The highest BCUT2D eigenvalue weighted by molar-refractivity contribution is 7.92. The van der Waals surface area contributed by atoms with E-state index >= 15 is 0 Å². The third-order valence-electron chi connectivity index (χ3n) is 1.83. The Morgan fingerprint density at radius 3 is 2.60 bits per heavy atom. The van der Waals surface area contributed by atoms with Crippen LogP contribution in [-0.4, -0.2) is 27.8 Å². The van der Waals surface area contributed by atoms with Gasteiger partial charge in [0.2, 0.25) is 10.0 Å².